The van der Waals surface area contributed by atoms with E-state index in [4.69, 9.17) is 5.11 Å². The van der Waals surface area contributed by atoms with Crippen molar-refractivity contribution in [3.63, 3.8) is 0 Å². The van der Waals surface area contributed by atoms with E-state index in [-0.39, 0.29) is 12.3 Å². The molecule has 0 bridgehead atoms. The van der Waals surface area contributed by atoms with Crippen LogP contribution in [0.25, 0.3) is 0 Å². The quantitative estimate of drug-likeness (QED) is 0.797. The Morgan fingerprint density at radius 1 is 1.35 bits per heavy atom. The van der Waals surface area contributed by atoms with Gasteiger partial charge in [-0.3, -0.25) is 0 Å². The molecule has 1 saturated carbocycles. The highest BCUT2D eigenvalue weighted by atomic mass is 19.4. The summed E-state index contributed by atoms with van der Waals surface area (Å²) in [4.78, 5) is 11.1. The smallest absolute Gasteiger partial charge is 0.416 e. The monoisotopic (exact) mass is 289 g/mol. The normalized spacial score (nSPS) is 17.4. The summed E-state index contributed by atoms with van der Waals surface area (Å²) in [5.41, 5.74) is -1.98. The molecule has 0 saturated heterocycles. The third-order valence-corrected chi connectivity index (χ3v) is 3.59. The molecule has 1 aromatic carbocycles. The van der Waals surface area contributed by atoms with Crippen LogP contribution in [0.1, 0.15) is 35.2 Å². The fraction of sp³-hybridized carbons (Fsp3) is 0.462. The van der Waals surface area contributed by atoms with E-state index in [1.165, 1.54) is 0 Å². The highest BCUT2D eigenvalue weighted by molar-refractivity contribution is 5.94. The van der Waals surface area contributed by atoms with Crippen LogP contribution in [0.3, 0.4) is 0 Å². The Labute approximate surface area is 113 Å². The first kappa shape index (κ1) is 14.6. The van der Waals surface area contributed by atoms with E-state index >= 15 is 0 Å². The van der Waals surface area contributed by atoms with Crippen LogP contribution in [0.5, 0.6) is 0 Å². The van der Waals surface area contributed by atoms with Crippen LogP contribution in [0.4, 0.5) is 18.9 Å². The number of anilines is 1. The number of carbonyl (C=O) groups is 1. The molecule has 0 aliphatic heterocycles. The zero-order valence-corrected chi connectivity index (χ0v) is 10.5. The molecule has 0 heterocycles. The topological polar surface area (TPSA) is 69.6 Å². The molecular weight excluding hydrogens is 275 g/mol. The Morgan fingerprint density at radius 3 is 2.40 bits per heavy atom. The number of halogens is 3. The molecule has 7 heteroatoms. The number of aliphatic hydroxyl groups excluding tert-OH is 1. The minimum absolute atomic E-state index is 0.0965. The van der Waals surface area contributed by atoms with E-state index in [9.17, 15) is 23.1 Å². The zero-order chi connectivity index (χ0) is 15.0. The fourth-order valence-electron chi connectivity index (χ4n) is 2.22. The van der Waals surface area contributed by atoms with E-state index in [2.05, 4.69) is 5.32 Å². The second kappa shape index (κ2) is 4.97. The third kappa shape index (κ3) is 2.72. The Balaban J connectivity index is 2.36. The SMILES string of the molecule is O=C(O)c1cc(C(F)(F)F)ccc1NC1(CO)CCC1. The van der Waals surface area contributed by atoms with Crippen molar-refractivity contribution < 1.29 is 28.2 Å². The average molecular weight is 289 g/mol. The Bertz CT molecular complexity index is 519. The molecule has 0 radical (unpaired) electrons. The molecule has 0 spiro atoms. The summed E-state index contributed by atoms with van der Waals surface area (Å²) in [7, 11) is 0. The van der Waals surface area contributed by atoms with Crippen LogP contribution in [0.15, 0.2) is 18.2 Å². The molecule has 20 heavy (non-hydrogen) atoms. The van der Waals surface area contributed by atoms with E-state index in [0.29, 0.717) is 18.9 Å². The molecule has 0 unspecified atom stereocenters. The van der Waals surface area contributed by atoms with Crippen LogP contribution in [0, 0.1) is 0 Å². The maximum absolute atomic E-state index is 12.6. The summed E-state index contributed by atoms with van der Waals surface area (Å²) in [6.07, 6.45) is -2.39. The molecule has 0 aromatic heterocycles. The van der Waals surface area contributed by atoms with Gasteiger partial charge in [-0.25, -0.2) is 4.79 Å². The number of nitrogens with one attached hydrogen (secondary N) is 1. The molecule has 110 valence electrons. The van der Waals surface area contributed by atoms with Gasteiger partial charge in [0.15, 0.2) is 0 Å². The van der Waals surface area contributed by atoms with Crippen molar-refractivity contribution in [3.05, 3.63) is 29.3 Å². The summed E-state index contributed by atoms with van der Waals surface area (Å²) < 4.78 is 37.8. The number of aromatic carboxylic acids is 1. The molecule has 0 amide bonds. The number of hydrogen-bond donors (Lipinski definition) is 3. The van der Waals surface area contributed by atoms with Gasteiger partial charge in [0.2, 0.25) is 0 Å². The second-order valence-electron chi connectivity index (χ2n) is 4.98. The molecule has 1 aliphatic carbocycles. The first-order valence-corrected chi connectivity index (χ1v) is 6.11. The summed E-state index contributed by atoms with van der Waals surface area (Å²) in [5.74, 6) is -1.44. The second-order valence-corrected chi connectivity index (χ2v) is 4.98. The molecule has 1 fully saturated rings. The van der Waals surface area contributed by atoms with Crippen molar-refractivity contribution in [2.24, 2.45) is 0 Å². The summed E-state index contributed by atoms with van der Waals surface area (Å²) in [6.45, 7) is -0.187. The van der Waals surface area contributed by atoms with Crippen LogP contribution in [-0.4, -0.2) is 28.3 Å². The van der Waals surface area contributed by atoms with Crippen LogP contribution in [0.2, 0.25) is 0 Å². The van der Waals surface area contributed by atoms with E-state index in [1.54, 1.807) is 0 Å². The molecule has 2 rings (SSSR count). The average Bonchev–Trinajstić information content (AvgIpc) is 2.32. The number of alkyl halides is 3. The van der Waals surface area contributed by atoms with E-state index in [1.807, 2.05) is 0 Å². The Kier molecular flexibility index (Phi) is 3.64. The van der Waals surface area contributed by atoms with Crippen LogP contribution in [-0.2, 0) is 6.18 Å². The number of carboxylic acid groups (broad SMARTS) is 1. The minimum atomic E-state index is -4.59. The van der Waals surface area contributed by atoms with Gasteiger partial charge in [0.25, 0.3) is 0 Å². The maximum Gasteiger partial charge on any atom is 0.416 e. The van der Waals surface area contributed by atoms with Crippen molar-refractivity contribution in [2.45, 2.75) is 31.0 Å². The van der Waals surface area contributed by atoms with Crippen LogP contribution < -0.4 is 5.32 Å². The number of aliphatic hydroxyl groups is 1. The van der Waals surface area contributed by atoms with E-state index in [0.717, 1.165) is 18.6 Å². The molecule has 1 aromatic rings. The van der Waals surface area contributed by atoms with E-state index < -0.39 is 28.8 Å². The highest BCUT2D eigenvalue weighted by Crippen LogP contribution is 2.37. The van der Waals surface area contributed by atoms with Crippen molar-refractivity contribution in [1.82, 2.24) is 0 Å². The number of carboxylic acids is 1. The Hall–Kier alpha value is -1.76. The first-order valence-electron chi connectivity index (χ1n) is 6.11. The molecular formula is C13H14F3NO3. The molecule has 4 nitrogen and oxygen atoms in total. The predicted octanol–water partition coefficient (Wildman–Crippen LogP) is 2.73. The van der Waals surface area contributed by atoms with Gasteiger partial charge in [-0.1, -0.05) is 0 Å². The summed E-state index contributed by atoms with van der Waals surface area (Å²) in [5, 5.41) is 21.2. The van der Waals surface area contributed by atoms with Crippen molar-refractivity contribution in [1.29, 1.82) is 0 Å². The van der Waals surface area contributed by atoms with Gasteiger partial charge in [-0.15, -0.1) is 0 Å². The van der Waals surface area contributed by atoms with Crippen LogP contribution >= 0.6 is 0 Å². The minimum Gasteiger partial charge on any atom is -0.478 e. The fourth-order valence-corrected chi connectivity index (χ4v) is 2.22. The molecule has 1 aliphatic rings. The zero-order valence-electron chi connectivity index (χ0n) is 10.5. The molecule has 0 atom stereocenters. The van der Waals surface area contributed by atoms with Gasteiger partial charge >= 0.3 is 12.1 Å². The standard InChI is InChI=1S/C13H14F3NO3/c14-13(15,16)8-2-3-10(9(6-8)11(19)20)17-12(7-18)4-1-5-12/h2-3,6,17-18H,1,4-5,7H2,(H,19,20). The van der Waals surface area contributed by atoms with Crippen molar-refractivity contribution >= 4 is 11.7 Å². The van der Waals surface area contributed by atoms with Crippen molar-refractivity contribution in [3.8, 4) is 0 Å². The third-order valence-electron chi connectivity index (χ3n) is 3.59. The van der Waals surface area contributed by atoms with Gasteiger partial charge in [0.1, 0.15) is 0 Å². The molecule has 3 N–H and O–H groups in total. The lowest BCUT2D eigenvalue weighted by atomic mass is 9.77. The predicted molar refractivity (Wildman–Crippen MR) is 65.7 cm³/mol. The van der Waals surface area contributed by atoms with Gasteiger partial charge in [-0.2, -0.15) is 13.2 Å². The maximum atomic E-state index is 12.6. The van der Waals surface area contributed by atoms with Gasteiger partial charge in [0.05, 0.1) is 23.3 Å². The Morgan fingerprint density at radius 2 is 2.00 bits per heavy atom. The number of rotatable bonds is 4. The first-order chi connectivity index (χ1) is 9.27. The summed E-state index contributed by atoms with van der Waals surface area (Å²) in [6, 6.07) is 2.54. The lowest BCUT2D eigenvalue weighted by Gasteiger charge is -2.42. The summed E-state index contributed by atoms with van der Waals surface area (Å²) >= 11 is 0. The lowest BCUT2D eigenvalue weighted by Crippen LogP contribution is -2.48. The van der Waals surface area contributed by atoms with Gasteiger partial charge in [-0.05, 0) is 37.5 Å². The highest BCUT2D eigenvalue weighted by Gasteiger charge is 2.38. The van der Waals surface area contributed by atoms with Gasteiger partial charge < -0.3 is 15.5 Å². The van der Waals surface area contributed by atoms with Crippen molar-refractivity contribution in [2.75, 3.05) is 11.9 Å². The van der Waals surface area contributed by atoms with Gasteiger partial charge in [0, 0.05) is 5.69 Å². The lowest BCUT2D eigenvalue weighted by molar-refractivity contribution is -0.137. The largest absolute Gasteiger partial charge is 0.478 e. The number of hydrogen-bond acceptors (Lipinski definition) is 3. The number of benzene rings is 1.